The largest absolute Gasteiger partial charge is 0.488 e. The molecule has 1 N–H and O–H groups in total. The van der Waals surface area contributed by atoms with E-state index in [-0.39, 0.29) is 12.5 Å². The molecular weight excluding hydrogens is 560 g/mol. The molecule has 4 aromatic rings. The van der Waals surface area contributed by atoms with Crippen LogP contribution < -0.4 is 14.8 Å². The highest BCUT2D eigenvalue weighted by Crippen LogP contribution is 2.36. The molecule has 0 bridgehead atoms. The second kappa shape index (κ2) is 13.7. The second-order valence-corrected chi connectivity index (χ2v) is 11.2. The SMILES string of the molecule is CNC(=O)c1cccc(-c2cccc(COc3cc(OCc4cncc(C#N)c4)c(CN4CCCC4)cc3Cl)c2C)c1C. The van der Waals surface area contributed by atoms with E-state index in [1.807, 2.05) is 49.4 Å². The standard InChI is InChI=1S/C35H35ClN4O3/c1-23-27(8-6-9-29(23)30-10-7-11-31(24(30)2)35(41)38-3)22-43-34-16-33(42-21-26-14-25(17-37)18-39-19-26)28(15-32(34)36)20-40-12-4-5-13-40/h6-11,14-16,18-19H,4-5,12-13,20-22H2,1-3H3,(H,38,41). The van der Waals surface area contributed by atoms with Gasteiger partial charge in [-0.1, -0.05) is 41.9 Å². The number of likely N-dealkylation sites (tertiary alicyclic amines) is 1. The number of halogens is 1. The summed E-state index contributed by atoms with van der Waals surface area (Å²) < 4.78 is 12.6. The van der Waals surface area contributed by atoms with E-state index in [4.69, 9.17) is 21.1 Å². The first kappa shape index (κ1) is 30.1. The zero-order valence-corrected chi connectivity index (χ0v) is 25.5. The number of amides is 1. The van der Waals surface area contributed by atoms with E-state index in [1.54, 1.807) is 19.3 Å². The summed E-state index contributed by atoms with van der Waals surface area (Å²) in [6.45, 7) is 7.45. The average Bonchev–Trinajstić information content (AvgIpc) is 3.54. The van der Waals surface area contributed by atoms with Crippen LogP contribution in [0.4, 0.5) is 0 Å². The molecule has 0 atom stereocenters. The van der Waals surface area contributed by atoms with Gasteiger partial charge >= 0.3 is 0 Å². The smallest absolute Gasteiger partial charge is 0.251 e. The number of hydrogen-bond donors (Lipinski definition) is 1. The van der Waals surface area contributed by atoms with Crippen molar-refractivity contribution in [1.82, 2.24) is 15.2 Å². The Morgan fingerprint density at radius 3 is 2.42 bits per heavy atom. The zero-order chi connectivity index (χ0) is 30.3. The molecule has 2 heterocycles. The third-order valence-corrected chi connectivity index (χ3v) is 8.25. The Kier molecular flexibility index (Phi) is 9.61. The zero-order valence-electron chi connectivity index (χ0n) is 24.7. The van der Waals surface area contributed by atoms with Crippen LogP contribution in [0.2, 0.25) is 5.02 Å². The minimum atomic E-state index is -0.105. The maximum atomic E-state index is 12.4. The minimum Gasteiger partial charge on any atom is -0.488 e. The van der Waals surface area contributed by atoms with Gasteiger partial charge in [0.25, 0.3) is 5.91 Å². The number of ether oxygens (including phenoxy) is 2. The van der Waals surface area contributed by atoms with Crippen molar-refractivity contribution in [3.63, 3.8) is 0 Å². The lowest BCUT2D eigenvalue weighted by Crippen LogP contribution is -2.19. The van der Waals surface area contributed by atoms with E-state index in [2.05, 4.69) is 34.3 Å². The number of pyridine rings is 1. The maximum Gasteiger partial charge on any atom is 0.251 e. The van der Waals surface area contributed by atoms with Crippen molar-refractivity contribution < 1.29 is 14.3 Å². The maximum absolute atomic E-state index is 12.4. The van der Waals surface area contributed by atoms with Crippen LogP contribution in [0.5, 0.6) is 11.5 Å². The molecule has 1 saturated heterocycles. The lowest BCUT2D eigenvalue weighted by Gasteiger charge is -2.20. The lowest BCUT2D eigenvalue weighted by atomic mass is 9.91. The fraction of sp³-hybridized carbons (Fsp3) is 0.286. The summed E-state index contributed by atoms with van der Waals surface area (Å²) >= 11 is 6.78. The molecule has 1 fully saturated rings. The number of nitrogens with one attached hydrogen (secondary N) is 1. The van der Waals surface area contributed by atoms with E-state index in [9.17, 15) is 10.1 Å². The van der Waals surface area contributed by atoms with Crippen LogP contribution in [0.1, 0.15) is 56.6 Å². The van der Waals surface area contributed by atoms with Crippen LogP contribution in [0.3, 0.4) is 0 Å². The Bertz CT molecular complexity index is 1670. The predicted octanol–water partition coefficient (Wildman–Crippen LogP) is 7.00. The fourth-order valence-electron chi connectivity index (χ4n) is 5.51. The molecule has 0 spiro atoms. The van der Waals surface area contributed by atoms with Gasteiger partial charge in [-0.15, -0.1) is 0 Å². The van der Waals surface area contributed by atoms with Gasteiger partial charge in [0.2, 0.25) is 0 Å². The molecule has 0 unspecified atom stereocenters. The summed E-state index contributed by atoms with van der Waals surface area (Å²) in [4.78, 5) is 18.9. The van der Waals surface area contributed by atoms with Crippen molar-refractivity contribution in [3.8, 4) is 28.7 Å². The Morgan fingerprint density at radius 1 is 0.953 bits per heavy atom. The van der Waals surface area contributed by atoms with Gasteiger partial charge in [-0.25, -0.2) is 0 Å². The number of carbonyl (C=O) groups excluding carboxylic acids is 1. The second-order valence-electron chi connectivity index (χ2n) is 10.8. The number of hydrogen-bond acceptors (Lipinski definition) is 6. The summed E-state index contributed by atoms with van der Waals surface area (Å²) in [5.41, 5.74) is 8.03. The summed E-state index contributed by atoms with van der Waals surface area (Å²) in [5.74, 6) is 1.13. The highest BCUT2D eigenvalue weighted by molar-refractivity contribution is 6.32. The molecule has 7 nitrogen and oxygen atoms in total. The van der Waals surface area contributed by atoms with Crippen molar-refractivity contribution in [2.24, 2.45) is 0 Å². The number of carbonyl (C=O) groups is 1. The molecule has 0 radical (unpaired) electrons. The Hall–Kier alpha value is -4.38. The highest BCUT2D eigenvalue weighted by Gasteiger charge is 2.19. The van der Waals surface area contributed by atoms with Crippen molar-refractivity contribution in [1.29, 1.82) is 5.26 Å². The van der Waals surface area contributed by atoms with E-state index in [0.29, 0.717) is 34.3 Å². The summed E-state index contributed by atoms with van der Waals surface area (Å²) in [5, 5.41) is 12.5. The summed E-state index contributed by atoms with van der Waals surface area (Å²) in [6, 6.07) is 19.6. The van der Waals surface area contributed by atoms with Crippen LogP contribution in [0, 0.1) is 25.2 Å². The van der Waals surface area contributed by atoms with Gasteiger partial charge in [0.15, 0.2) is 0 Å². The Balaban J connectivity index is 1.40. The average molecular weight is 595 g/mol. The van der Waals surface area contributed by atoms with E-state index < -0.39 is 0 Å². The highest BCUT2D eigenvalue weighted by atomic mass is 35.5. The molecular formula is C35H35ClN4O3. The van der Waals surface area contributed by atoms with Crippen molar-refractivity contribution >= 4 is 17.5 Å². The molecule has 1 amide bonds. The van der Waals surface area contributed by atoms with Gasteiger partial charge in [0.1, 0.15) is 30.8 Å². The predicted molar refractivity (Wildman–Crippen MR) is 168 cm³/mol. The minimum absolute atomic E-state index is 0.105. The van der Waals surface area contributed by atoms with E-state index >= 15 is 0 Å². The van der Waals surface area contributed by atoms with Crippen molar-refractivity contribution in [2.75, 3.05) is 20.1 Å². The Labute approximate surface area is 258 Å². The first-order chi connectivity index (χ1) is 20.9. The molecule has 5 rings (SSSR count). The van der Waals surface area contributed by atoms with Crippen LogP contribution in [0.15, 0.2) is 67.0 Å². The molecule has 1 aromatic heterocycles. The van der Waals surface area contributed by atoms with Crippen LogP contribution in [-0.2, 0) is 19.8 Å². The molecule has 0 saturated carbocycles. The van der Waals surface area contributed by atoms with Gasteiger partial charge in [-0.2, -0.15) is 5.26 Å². The molecule has 3 aromatic carbocycles. The fourth-order valence-corrected chi connectivity index (χ4v) is 5.75. The van der Waals surface area contributed by atoms with Crippen molar-refractivity contribution in [2.45, 2.75) is 46.4 Å². The number of rotatable bonds is 10. The van der Waals surface area contributed by atoms with Gasteiger partial charge in [0.05, 0.1) is 10.6 Å². The lowest BCUT2D eigenvalue weighted by molar-refractivity contribution is 0.0962. The number of benzene rings is 3. The molecule has 43 heavy (non-hydrogen) atoms. The monoisotopic (exact) mass is 594 g/mol. The third kappa shape index (κ3) is 6.99. The third-order valence-electron chi connectivity index (χ3n) is 7.95. The molecule has 1 aliphatic heterocycles. The van der Waals surface area contributed by atoms with Gasteiger partial charge in [-0.3, -0.25) is 14.7 Å². The summed E-state index contributed by atoms with van der Waals surface area (Å²) in [6.07, 6.45) is 5.61. The molecule has 0 aliphatic carbocycles. The normalized spacial score (nSPS) is 13.0. The van der Waals surface area contributed by atoms with E-state index in [0.717, 1.165) is 58.6 Å². The van der Waals surface area contributed by atoms with Crippen LogP contribution in [-0.4, -0.2) is 35.9 Å². The van der Waals surface area contributed by atoms with E-state index in [1.165, 1.54) is 19.0 Å². The van der Waals surface area contributed by atoms with Crippen molar-refractivity contribution in [3.05, 3.63) is 111 Å². The molecule has 8 heteroatoms. The number of nitriles is 1. The first-order valence-corrected chi connectivity index (χ1v) is 14.8. The summed E-state index contributed by atoms with van der Waals surface area (Å²) in [7, 11) is 1.64. The van der Waals surface area contributed by atoms with Gasteiger partial charge < -0.3 is 14.8 Å². The van der Waals surface area contributed by atoms with Crippen LogP contribution in [0.25, 0.3) is 11.1 Å². The number of aromatic nitrogens is 1. The Morgan fingerprint density at radius 2 is 1.67 bits per heavy atom. The van der Waals surface area contributed by atoms with Gasteiger partial charge in [-0.05, 0) is 85.8 Å². The van der Waals surface area contributed by atoms with Crippen LogP contribution >= 0.6 is 11.6 Å². The topological polar surface area (TPSA) is 87.5 Å². The quantitative estimate of drug-likeness (QED) is 0.213. The molecule has 1 aliphatic rings. The first-order valence-electron chi connectivity index (χ1n) is 14.4. The number of nitrogens with zero attached hydrogens (tertiary/aromatic N) is 3. The molecule has 220 valence electrons. The van der Waals surface area contributed by atoms with Gasteiger partial charge in [0, 0.05) is 48.7 Å².